The van der Waals surface area contributed by atoms with Gasteiger partial charge in [0.1, 0.15) is 0 Å². The van der Waals surface area contributed by atoms with Gasteiger partial charge in [0.15, 0.2) is 5.96 Å². The average molecular weight is 340 g/mol. The molecule has 1 aromatic carbocycles. The van der Waals surface area contributed by atoms with Crippen molar-refractivity contribution in [2.45, 2.75) is 38.5 Å². The summed E-state index contributed by atoms with van der Waals surface area (Å²) >= 11 is 0. The second-order valence-corrected chi connectivity index (χ2v) is 7.27. The molecule has 0 bridgehead atoms. The van der Waals surface area contributed by atoms with Gasteiger partial charge in [0.05, 0.1) is 5.75 Å². The van der Waals surface area contributed by atoms with Crippen LogP contribution in [0.1, 0.15) is 37.3 Å². The van der Waals surface area contributed by atoms with Gasteiger partial charge in [-0.3, -0.25) is 4.99 Å². The van der Waals surface area contributed by atoms with Gasteiger partial charge in [-0.15, -0.1) is 0 Å². The Balaban J connectivity index is 2.45. The van der Waals surface area contributed by atoms with Crippen LogP contribution in [-0.2, 0) is 22.3 Å². The quantitative estimate of drug-likeness (QED) is 0.362. The summed E-state index contributed by atoms with van der Waals surface area (Å²) in [6.07, 6.45) is 3.54. The molecular formula is C16H28N4O2S. The summed E-state index contributed by atoms with van der Waals surface area (Å²) in [5, 5.41) is 6.53. The Morgan fingerprint density at radius 1 is 1.09 bits per heavy atom. The Morgan fingerprint density at radius 2 is 1.74 bits per heavy atom. The van der Waals surface area contributed by atoms with Crippen LogP contribution >= 0.6 is 0 Å². The number of unbranched alkanes of at least 4 members (excludes halogenated alkanes) is 2. The van der Waals surface area contributed by atoms with Gasteiger partial charge in [0, 0.05) is 20.1 Å². The molecule has 3 N–H and O–H groups in total. The van der Waals surface area contributed by atoms with Gasteiger partial charge in [-0.2, -0.15) is 0 Å². The molecule has 0 aliphatic heterocycles. The molecule has 0 unspecified atom stereocenters. The maximum Gasteiger partial charge on any atom is 0.215 e. The number of nitrogens with one attached hydrogen (secondary N) is 3. The fraction of sp³-hybridized carbons (Fsp3) is 0.562. The summed E-state index contributed by atoms with van der Waals surface area (Å²) in [7, 11) is -0.0507. The van der Waals surface area contributed by atoms with Crippen LogP contribution in [0, 0.1) is 0 Å². The van der Waals surface area contributed by atoms with Gasteiger partial charge in [-0.05, 0) is 24.6 Å². The SMILES string of the molecule is CCCCCNC(=NC)NCc1ccc(CS(=O)(=O)NC)cc1. The van der Waals surface area contributed by atoms with Crippen LogP contribution in [0.15, 0.2) is 29.3 Å². The molecule has 0 fully saturated rings. The first-order valence-electron chi connectivity index (χ1n) is 7.94. The lowest BCUT2D eigenvalue weighted by Crippen LogP contribution is -2.37. The van der Waals surface area contributed by atoms with E-state index in [-0.39, 0.29) is 5.75 Å². The van der Waals surface area contributed by atoms with E-state index in [1.54, 1.807) is 7.05 Å². The molecule has 0 radical (unpaired) electrons. The number of sulfonamides is 1. The minimum absolute atomic E-state index is 0.00212. The minimum atomic E-state index is -3.22. The van der Waals surface area contributed by atoms with Crippen molar-refractivity contribution in [3.8, 4) is 0 Å². The topological polar surface area (TPSA) is 82.6 Å². The molecule has 1 rings (SSSR count). The van der Waals surface area contributed by atoms with Crippen LogP contribution in [0.5, 0.6) is 0 Å². The number of hydrogen-bond donors (Lipinski definition) is 3. The fourth-order valence-corrected chi connectivity index (χ4v) is 2.81. The molecule has 1 aromatic rings. The lowest BCUT2D eigenvalue weighted by atomic mass is 10.1. The third kappa shape index (κ3) is 7.99. The summed E-state index contributed by atoms with van der Waals surface area (Å²) in [6.45, 7) is 3.74. The zero-order chi connectivity index (χ0) is 17.1. The van der Waals surface area contributed by atoms with Gasteiger partial charge in [-0.25, -0.2) is 13.1 Å². The maximum absolute atomic E-state index is 11.5. The van der Waals surface area contributed by atoms with Crippen molar-refractivity contribution >= 4 is 16.0 Å². The molecule has 130 valence electrons. The van der Waals surface area contributed by atoms with Crippen molar-refractivity contribution < 1.29 is 8.42 Å². The van der Waals surface area contributed by atoms with Crippen LogP contribution in [-0.4, -0.2) is 35.0 Å². The first-order chi connectivity index (χ1) is 11.0. The maximum atomic E-state index is 11.5. The zero-order valence-electron chi connectivity index (χ0n) is 14.2. The fourth-order valence-electron chi connectivity index (χ4n) is 2.03. The van der Waals surface area contributed by atoms with E-state index in [0.717, 1.165) is 30.1 Å². The second kappa shape index (κ2) is 10.2. The van der Waals surface area contributed by atoms with Crippen molar-refractivity contribution in [2.24, 2.45) is 4.99 Å². The zero-order valence-corrected chi connectivity index (χ0v) is 15.0. The third-order valence-corrected chi connectivity index (χ3v) is 4.78. The summed E-state index contributed by atoms with van der Waals surface area (Å²) in [6, 6.07) is 7.53. The number of guanidine groups is 1. The Bertz CT molecular complexity index is 583. The Hall–Kier alpha value is -1.60. The normalized spacial score (nSPS) is 12.2. The van der Waals surface area contributed by atoms with E-state index in [0.29, 0.717) is 6.54 Å². The first kappa shape index (κ1) is 19.4. The van der Waals surface area contributed by atoms with Crippen molar-refractivity contribution in [2.75, 3.05) is 20.6 Å². The first-order valence-corrected chi connectivity index (χ1v) is 9.59. The Morgan fingerprint density at radius 3 is 2.30 bits per heavy atom. The smallest absolute Gasteiger partial charge is 0.215 e. The van der Waals surface area contributed by atoms with Crippen LogP contribution in [0.4, 0.5) is 0 Å². The highest BCUT2D eigenvalue weighted by atomic mass is 32.2. The van der Waals surface area contributed by atoms with Crippen molar-refractivity contribution in [1.29, 1.82) is 0 Å². The van der Waals surface area contributed by atoms with Crippen molar-refractivity contribution in [3.05, 3.63) is 35.4 Å². The van der Waals surface area contributed by atoms with E-state index >= 15 is 0 Å². The van der Waals surface area contributed by atoms with E-state index in [1.165, 1.54) is 19.9 Å². The number of benzene rings is 1. The molecule has 6 nitrogen and oxygen atoms in total. The van der Waals surface area contributed by atoms with E-state index in [2.05, 4.69) is 27.3 Å². The van der Waals surface area contributed by atoms with Crippen LogP contribution in [0.3, 0.4) is 0 Å². The van der Waals surface area contributed by atoms with E-state index in [4.69, 9.17) is 0 Å². The molecule has 0 aliphatic carbocycles. The monoisotopic (exact) mass is 340 g/mol. The summed E-state index contributed by atoms with van der Waals surface area (Å²) in [5.74, 6) is 0.778. The van der Waals surface area contributed by atoms with Crippen LogP contribution in [0.25, 0.3) is 0 Å². The third-order valence-electron chi connectivity index (χ3n) is 3.45. The molecule has 0 atom stereocenters. The highest BCUT2D eigenvalue weighted by molar-refractivity contribution is 7.88. The van der Waals surface area contributed by atoms with Crippen molar-refractivity contribution in [3.63, 3.8) is 0 Å². The lowest BCUT2D eigenvalue weighted by Gasteiger charge is -2.12. The van der Waals surface area contributed by atoms with E-state index in [1.807, 2.05) is 24.3 Å². The van der Waals surface area contributed by atoms with Crippen molar-refractivity contribution in [1.82, 2.24) is 15.4 Å². The van der Waals surface area contributed by atoms with Crippen LogP contribution < -0.4 is 15.4 Å². The minimum Gasteiger partial charge on any atom is -0.356 e. The lowest BCUT2D eigenvalue weighted by molar-refractivity contribution is 0.587. The number of nitrogens with zero attached hydrogens (tertiary/aromatic N) is 1. The molecule has 0 amide bonds. The van der Waals surface area contributed by atoms with Gasteiger partial charge in [0.25, 0.3) is 0 Å². The molecule has 0 saturated carbocycles. The highest BCUT2D eigenvalue weighted by Crippen LogP contribution is 2.07. The second-order valence-electron chi connectivity index (χ2n) is 5.34. The van der Waals surface area contributed by atoms with Gasteiger partial charge < -0.3 is 10.6 Å². The molecule has 7 heteroatoms. The Kier molecular flexibility index (Phi) is 8.65. The molecule has 0 aliphatic rings. The molecule has 23 heavy (non-hydrogen) atoms. The Labute approximate surface area is 139 Å². The van der Waals surface area contributed by atoms with Gasteiger partial charge in [-0.1, -0.05) is 44.0 Å². The predicted octanol–water partition coefficient (Wildman–Crippen LogP) is 1.59. The van der Waals surface area contributed by atoms with Gasteiger partial charge in [0.2, 0.25) is 10.0 Å². The number of rotatable bonds is 9. The summed E-state index contributed by atoms with van der Waals surface area (Å²) in [5.41, 5.74) is 1.84. The molecule has 0 spiro atoms. The average Bonchev–Trinajstić information content (AvgIpc) is 2.55. The molecular weight excluding hydrogens is 312 g/mol. The largest absolute Gasteiger partial charge is 0.356 e. The molecule has 0 saturated heterocycles. The van der Waals surface area contributed by atoms with E-state index < -0.39 is 10.0 Å². The van der Waals surface area contributed by atoms with Gasteiger partial charge >= 0.3 is 0 Å². The molecule has 0 heterocycles. The summed E-state index contributed by atoms with van der Waals surface area (Å²) < 4.78 is 25.3. The summed E-state index contributed by atoms with van der Waals surface area (Å²) in [4.78, 5) is 4.18. The van der Waals surface area contributed by atoms with E-state index in [9.17, 15) is 8.42 Å². The van der Waals surface area contributed by atoms with Crippen LogP contribution in [0.2, 0.25) is 0 Å². The standard InChI is InChI=1S/C16H28N4O2S/c1-4-5-6-11-19-16(17-2)20-12-14-7-9-15(10-8-14)13-23(21,22)18-3/h7-10,18H,4-6,11-13H2,1-3H3,(H2,17,19,20). The number of hydrogen-bond acceptors (Lipinski definition) is 3. The molecule has 0 aromatic heterocycles. The highest BCUT2D eigenvalue weighted by Gasteiger charge is 2.08. The predicted molar refractivity (Wildman–Crippen MR) is 95.9 cm³/mol. The number of aliphatic imine (C=N–C) groups is 1.